The van der Waals surface area contributed by atoms with Gasteiger partial charge in [0.1, 0.15) is 15.9 Å². The summed E-state index contributed by atoms with van der Waals surface area (Å²) in [5.74, 6) is -2.29. The van der Waals surface area contributed by atoms with E-state index in [1.807, 2.05) is 0 Å². The van der Waals surface area contributed by atoms with Crippen molar-refractivity contribution >= 4 is 10.1 Å². The molecule has 0 amide bonds. The van der Waals surface area contributed by atoms with Gasteiger partial charge in [0, 0.05) is 0 Å². The van der Waals surface area contributed by atoms with Gasteiger partial charge in [0.15, 0.2) is 0 Å². The van der Waals surface area contributed by atoms with E-state index in [4.69, 9.17) is 0 Å². The third kappa shape index (κ3) is 13.6. The normalized spacial score (nSPS) is 12.9. The fourth-order valence-electron chi connectivity index (χ4n) is 0.871. The standard InChI is InChI=1S/C7H18N.C2H3F3O3S/c1-5-8(4,6-2)7-3;3-2(4,5)1-9(6,7)8/h5-7H2,1-4H3;1H2,(H,6,7,8)/q+1;/p-1. The van der Waals surface area contributed by atoms with Crippen molar-refractivity contribution in [3.63, 3.8) is 0 Å². The summed E-state index contributed by atoms with van der Waals surface area (Å²) in [5, 5.41) is 0. The fraction of sp³-hybridized carbons (Fsp3) is 1.00. The van der Waals surface area contributed by atoms with Gasteiger partial charge in [-0.15, -0.1) is 0 Å². The van der Waals surface area contributed by atoms with Crippen LogP contribution >= 0.6 is 0 Å². The second-order valence-corrected chi connectivity index (χ2v) is 5.29. The Morgan fingerprint density at radius 3 is 1.35 bits per heavy atom. The summed E-state index contributed by atoms with van der Waals surface area (Å²) in [6.07, 6.45) is -4.92. The number of halogens is 3. The number of alkyl halides is 3. The van der Waals surface area contributed by atoms with Gasteiger partial charge in [0.2, 0.25) is 0 Å². The third-order valence-electron chi connectivity index (χ3n) is 2.63. The Morgan fingerprint density at radius 1 is 1.06 bits per heavy atom. The van der Waals surface area contributed by atoms with Crippen molar-refractivity contribution in [1.29, 1.82) is 0 Å². The first-order valence-corrected chi connectivity index (χ1v) is 6.80. The van der Waals surface area contributed by atoms with Crippen molar-refractivity contribution in [2.45, 2.75) is 26.9 Å². The van der Waals surface area contributed by atoms with E-state index in [1.54, 1.807) is 0 Å². The lowest BCUT2D eigenvalue weighted by Crippen LogP contribution is -2.42. The largest absolute Gasteiger partial charge is 0.748 e. The summed E-state index contributed by atoms with van der Waals surface area (Å²) in [4.78, 5) is 0. The molecule has 4 nitrogen and oxygen atoms in total. The summed E-state index contributed by atoms with van der Waals surface area (Å²) >= 11 is 0. The molecular weight excluding hydrogens is 259 g/mol. The van der Waals surface area contributed by atoms with Gasteiger partial charge in [-0.3, -0.25) is 0 Å². The van der Waals surface area contributed by atoms with E-state index in [9.17, 15) is 26.1 Å². The zero-order valence-corrected chi connectivity index (χ0v) is 11.4. The molecule has 8 heteroatoms. The molecule has 0 N–H and O–H groups in total. The van der Waals surface area contributed by atoms with Crippen LogP contribution in [0.4, 0.5) is 13.2 Å². The van der Waals surface area contributed by atoms with Crippen LogP contribution in [-0.4, -0.2) is 56.1 Å². The van der Waals surface area contributed by atoms with E-state index < -0.39 is 22.0 Å². The molecule has 0 aromatic carbocycles. The molecule has 0 aliphatic carbocycles. The highest BCUT2D eigenvalue weighted by atomic mass is 32.2. The molecule has 0 unspecified atom stereocenters. The van der Waals surface area contributed by atoms with Crippen LogP contribution in [0.3, 0.4) is 0 Å². The van der Waals surface area contributed by atoms with Gasteiger partial charge in [-0.25, -0.2) is 8.42 Å². The van der Waals surface area contributed by atoms with Crippen LogP contribution in [0.5, 0.6) is 0 Å². The van der Waals surface area contributed by atoms with Crippen LogP contribution in [0.2, 0.25) is 0 Å². The fourth-order valence-corrected chi connectivity index (χ4v) is 1.27. The second kappa shape index (κ2) is 7.17. The third-order valence-corrected chi connectivity index (χ3v) is 3.31. The van der Waals surface area contributed by atoms with E-state index >= 15 is 0 Å². The molecule has 0 spiro atoms. The highest BCUT2D eigenvalue weighted by Crippen LogP contribution is 2.15. The van der Waals surface area contributed by atoms with Crippen LogP contribution < -0.4 is 0 Å². The maximum Gasteiger partial charge on any atom is 0.401 e. The molecule has 0 atom stereocenters. The van der Waals surface area contributed by atoms with Crippen molar-refractivity contribution in [2.75, 3.05) is 32.4 Å². The van der Waals surface area contributed by atoms with Crippen LogP contribution in [0.25, 0.3) is 0 Å². The molecule has 0 radical (unpaired) electrons. The van der Waals surface area contributed by atoms with Crippen molar-refractivity contribution < 1.29 is 30.6 Å². The first kappa shape index (κ1) is 19.0. The molecule has 0 saturated carbocycles. The van der Waals surface area contributed by atoms with Gasteiger partial charge < -0.3 is 9.04 Å². The van der Waals surface area contributed by atoms with Crippen molar-refractivity contribution in [2.24, 2.45) is 0 Å². The smallest absolute Gasteiger partial charge is 0.401 e. The highest BCUT2D eigenvalue weighted by molar-refractivity contribution is 7.85. The Morgan fingerprint density at radius 2 is 1.35 bits per heavy atom. The average Bonchev–Trinajstić information content (AvgIpc) is 2.12. The number of hydrogen-bond donors (Lipinski definition) is 0. The summed E-state index contributed by atoms with van der Waals surface area (Å²) in [7, 11) is -2.87. The first-order chi connectivity index (χ1) is 7.39. The molecule has 0 aromatic rings. The Hall–Kier alpha value is -0.340. The maximum absolute atomic E-state index is 11.0. The summed E-state index contributed by atoms with van der Waals surface area (Å²) in [6, 6.07) is 0. The SMILES string of the molecule is CC[N+](C)(CC)CC.O=S(=O)([O-])CC(F)(F)F. The minimum atomic E-state index is -5.16. The average molecular weight is 279 g/mol. The van der Waals surface area contributed by atoms with Gasteiger partial charge in [0.25, 0.3) is 0 Å². The quantitative estimate of drug-likeness (QED) is 0.580. The monoisotopic (exact) mass is 279 g/mol. The zero-order chi connectivity index (χ0) is 14.3. The number of rotatable bonds is 4. The second-order valence-electron chi connectivity index (χ2n) is 3.89. The first-order valence-electron chi connectivity index (χ1n) is 5.23. The molecule has 0 fully saturated rings. The summed E-state index contributed by atoms with van der Waals surface area (Å²) in [5.41, 5.74) is 0. The lowest BCUT2D eigenvalue weighted by Gasteiger charge is -2.30. The Kier molecular flexibility index (Phi) is 8.02. The number of hydrogen-bond acceptors (Lipinski definition) is 3. The maximum atomic E-state index is 11.0. The van der Waals surface area contributed by atoms with E-state index in [0.29, 0.717) is 0 Å². The summed E-state index contributed by atoms with van der Waals surface area (Å²) in [6.45, 7) is 10.5. The topological polar surface area (TPSA) is 57.2 Å². The molecule has 0 aliphatic rings. The Bertz CT molecular complexity index is 289. The summed E-state index contributed by atoms with van der Waals surface area (Å²) < 4.78 is 62.2. The highest BCUT2D eigenvalue weighted by Gasteiger charge is 2.30. The molecule has 17 heavy (non-hydrogen) atoms. The van der Waals surface area contributed by atoms with Gasteiger partial charge in [-0.2, -0.15) is 13.2 Å². The minimum Gasteiger partial charge on any atom is -0.748 e. The lowest BCUT2D eigenvalue weighted by atomic mass is 10.4. The Labute approximate surface area is 101 Å². The molecule has 0 aromatic heterocycles. The van der Waals surface area contributed by atoms with Crippen LogP contribution in [-0.2, 0) is 10.1 Å². The number of nitrogens with zero attached hydrogens (tertiary/aromatic N) is 1. The van der Waals surface area contributed by atoms with Crippen LogP contribution in [0.1, 0.15) is 20.8 Å². The minimum absolute atomic E-state index is 1.21. The molecule has 0 rings (SSSR count). The predicted molar refractivity (Wildman–Crippen MR) is 58.4 cm³/mol. The van der Waals surface area contributed by atoms with Crippen LogP contribution in [0, 0.1) is 0 Å². The van der Waals surface area contributed by atoms with E-state index in [0.717, 1.165) is 0 Å². The number of quaternary nitrogens is 1. The molecular formula is C9H20F3NO3S. The predicted octanol–water partition coefficient (Wildman–Crippen LogP) is 1.59. The molecule has 0 bridgehead atoms. The van der Waals surface area contributed by atoms with Gasteiger partial charge in [0.05, 0.1) is 26.7 Å². The van der Waals surface area contributed by atoms with Crippen LogP contribution in [0.15, 0.2) is 0 Å². The van der Waals surface area contributed by atoms with Crippen molar-refractivity contribution in [1.82, 2.24) is 0 Å². The van der Waals surface area contributed by atoms with Gasteiger partial charge >= 0.3 is 6.18 Å². The van der Waals surface area contributed by atoms with Crippen molar-refractivity contribution in [3.8, 4) is 0 Å². The Balaban J connectivity index is 0. The van der Waals surface area contributed by atoms with Crippen molar-refractivity contribution in [3.05, 3.63) is 0 Å². The van der Waals surface area contributed by atoms with E-state index in [2.05, 4.69) is 27.8 Å². The van der Waals surface area contributed by atoms with Gasteiger partial charge in [-0.1, -0.05) is 0 Å². The molecule has 0 saturated heterocycles. The zero-order valence-electron chi connectivity index (χ0n) is 10.5. The van der Waals surface area contributed by atoms with E-state index in [1.165, 1.54) is 24.1 Å². The molecule has 106 valence electrons. The van der Waals surface area contributed by atoms with E-state index in [-0.39, 0.29) is 0 Å². The molecule has 0 aliphatic heterocycles. The van der Waals surface area contributed by atoms with Gasteiger partial charge in [-0.05, 0) is 20.8 Å². The molecule has 0 heterocycles. The lowest BCUT2D eigenvalue weighted by molar-refractivity contribution is -0.904.